The largest absolute Gasteiger partial charge is 0.0654 e. The third-order valence-corrected chi connectivity index (χ3v) is 9.68. The van der Waals surface area contributed by atoms with Crippen molar-refractivity contribution in [2.75, 3.05) is 0 Å². The van der Waals surface area contributed by atoms with E-state index in [0.717, 1.165) is 52.3 Å². The van der Waals surface area contributed by atoms with Crippen molar-refractivity contribution in [1.29, 1.82) is 0 Å². The topological polar surface area (TPSA) is 0 Å². The van der Waals surface area contributed by atoms with Crippen LogP contribution in [0, 0.1) is 57.7 Å². The molecule has 0 amide bonds. The Hall–Kier alpha value is 0. The zero-order chi connectivity index (χ0) is 41.0. The van der Waals surface area contributed by atoms with E-state index in [-0.39, 0.29) is 0 Å². The molecule has 2 aliphatic rings. The molecular weight excluding hydrogens is 589 g/mol. The molecule has 1 unspecified atom stereocenters. The van der Waals surface area contributed by atoms with Gasteiger partial charge in [0.1, 0.15) is 0 Å². The van der Waals surface area contributed by atoms with Gasteiger partial charge >= 0.3 is 0 Å². The molecule has 0 aromatic heterocycles. The van der Waals surface area contributed by atoms with Gasteiger partial charge in [0.05, 0.1) is 0 Å². The lowest BCUT2D eigenvalue weighted by atomic mass is 9.94. The molecule has 0 saturated heterocycles. The van der Waals surface area contributed by atoms with Crippen LogP contribution >= 0.6 is 0 Å². The third kappa shape index (κ3) is 93.3. The molecule has 1 atom stereocenters. The smallest absolute Gasteiger partial charge is 0.0302 e. The van der Waals surface area contributed by atoms with Gasteiger partial charge in [0, 0.05) is 0 Å². The highest BCUT2D eigenvalue weighted by Gasteiger charge is 2.39. The lowest BCUT2D eigenvalue weighted by Gasteiger charge is -2.12. The van der Waals surface area contributed by atoms with Crippen molar-refractivity contribution >= 4 is 0 Å². The molecule has 2 fully saturated rings. The van der Waals surface area contributed by atoms with E-state index in [9.17, 15) is 0 Å². The van der Waals surface area contributed by atoms with Crippen molar-refractivity contribution in [2.45, 2.75) is 264 Å². The maximum absolute atomic E-state index is 2.37. The second-order valence-electron chi connectivity index (χ2n) is 20.0. The standard InChI is InChI=1S/C7H14.C7H16.C6H14.C5H10.4C5H12.C4H10/c1-6(2)7(3)4-5-7;1-5-7(4)6(2)3;1-5-6(2,3)4;1-5(2)3-4-5;3*1-4-5(2)3;1-3-5-4-2;1-4(2)3/h6H,4-5H2,1-3H3;6-7H,5H2,1-4H3;5H2,1-4H3;3-4H2,1-2H3;3*5H,4H2,1-3H3;3-5H2,1-2H3;4H,1-3H3. The second-order valence-corrected chi connectivity index (χ2v) is 20.0. The summed E-state index contributed by atoms with van der Waals surface area (Å²) in [5.41, 5.74) is 2.04. The number of rotatable bonds is 8. The maximum atomic E-state index is 2.37. The van der Waals surface area contributed by atoms with Crippen LogP contribution in [-0.2, 0) is 0 Å². The summed E-state index contributed by atoms with van der Waals surface area (Å²) in [5.74, 6) is 6.16. The van der Waals surface area contributed by atoms with Crippen LogP contribution in [0.3, 0.4) is 0 Å². The first-order valence-corrected chi connectivity index (χ1v) is 22.1. The van der Waals surface area contributed by atoms with E-state index in [0.29, 0.717) is 5.41 Å². The number of unbranched alkanes of at least 4 members (excludes halogenated alkanes) is 2. The summed E-state index contributed by atoms with van der Waals surface area (Å²) < 4.78 is 0. The third-order valence-electron chi connectivity index (χ3n) is 9.68. The molecule has 0 spiro atoms. The fraction of sp³-hybridized carbons (Fsp3) is 1.00. The minimum Gasteiger partial charge on any atom is -0.0654 e. The molecule has 0 heteroatoms. The fourth-order valence-electron chi connectivity index (χ4n) is 1.85. The highest BCUT2D eigenvalue weighted by atomic mass is 14.4. The Morgan fingerprint density at radius 3 is 0.694 bits per heavy atom. The zero-order valence-electron chi connectivity index (χ0n) is 41.0. The van der Waals surface area contributed by atoms with Crippen LogP contribution < -0.4 is 0 Å². The van der Waals surface area contributed by atoms with Gasteiger partial charge < -0.3 is 0 Å². The average Bonchev–Trinajstić information content (AvgIpc) is 3.92. The summed E-state index contributed by atoms with van der Waals surface area (Å²) in [6.07, 6.45) is 16.4. The minimum absolute atomic E-state index is 0.542. The van der Waals surface area contributed by atoms with E-state index in [4.69, 9.17) is 0 Å². The molecule has 308 valence electrons. The monoisotopic (exact) mass is 701 g/mol. The first kappa shape index (κ1) is 64.0. The second kappa shape index (κ2) is 40.8. The Morgan fingerprint density at radius 1 is 0.469 bits per heavy atom. The van der Waals surface area contributed by atoms with Gasteiger partial charge in [-0.3, -0.25) is 0 Å². The summed E-state index contributed by atoms with van der Waals surface area (Å²) in [7, 11) is 0. The Bertz CT molecular complexity index is 517. The lowest BCUT2D eigenvalue weighted by Crippen LogP contribution is -2.01. The van der Waals surface area contributed by atoms with Gasteiger partial charge in [-0.15, -0.1) is 0 Å². The SMILES string of the molecule is CC(C)C.CC(C)C1(C)CC1.CC1(C)CC1.CCC(C)(C)C.CCC(C)C.CCC(C)C.CCC(C)C.CCC(C)C(C)C.CCCCC. The molecule has 0 aromatic carbocycles. The Labute approximate surface area is 320 Å². The van der Waals surface area contributed by atoms with Crippen LogP contribution in [0.15, 0.2) is 0 Å². The van der Waals surface area contributed by atoms with Crippen LogP contribution in [0.4, 0.5) is 0 Å². The van der Waals surface area contributed by atoms with Crippen molar-refractivity contribution in [1.82, 2.24) is 0 Å². The molecule has 0 radical (unpaired) electrons. The van der Waals surface area contributed by atoms with E-state index in [2.05, 4.69) is 187 Å². The molecule has 49 heavy (non-hydrogen) atoms. The zero-order valence-corrected chi connectivity index (χ0v) is 41.0. The molecule has 2 rings (SSSR count). The van der Waals surface area contributed by atoms with Crippen molar-refractivity contribution in [3.8, 4) is 0 Å². The van der Waals surface area contributed by atoms with E-state index in [1.807, 2.05) is 0 Å². The molecule has 0 aromatic rings. The van der Waals surface area contributed by atoms with E-state index in [1.54, 1.807) is 0 Å². The predicted molar refractivity (Wildman–Crippen MR) is 240 cm³/mol. The summed E-state index contributed by atoms with van der Waals surface area (Å²) in [6.45, 7) is 60.5. The molecule has 0 nitrogen and oxygen atoms in total. The Balaban J connectivity index is -0.0000000815. The summed E-state index contributed by atoms with van der Waals surface area (Å²) in [6, 6.07) is 0. The maximum Gasteiger partial charge on any atom is -0.0302 e. The van der Waals surface area contributed by atoms with Gasteiger partial charge in [0.15, 0.2) is 0 Å². The normalized spacial score (nSPS) is 14.9. The van der Waals surface area contributed by atoms with Crippen LogP contribution in [0.1, 0.15) is 264 Å². The fourth-order valence-corrected chi connectivity index (χ4v) is 1.85. The quantitative estimate of drug-likeness (QED) is 0.236. The average molecular weight is 701 g/mol. The predicted octanol–water partition coefficient (Wildman–Crippen LogP) is 19.4. The first-order valence-electron chi connectivity index (χ1n) is 22.1. The molecule has 0 bridgehead atoms. The molecule has 0 aliphatic heterocycles. The van der Waals surface area contributed by atoms with Crippen LogP contribution in [0.5, 0.6) is 0 Å². The minimum atomic E-state index is 0.542. The molecule has 2 saturated carbocycles. The van der Waals surface area contributed by atoms with Gasteiger partial charge in [0.2, 0.25) is 0 Å². The van der Waals surface area contributed by atoms with Crippen LogP contribution in [0.25, 0.3) is 0 Å². The summed E-state index contributed by atoms with van der Waals surface area (Å²) in [4.78, 5) is 0. The highest BCUT2D eigenvalue weighted by molar-refractivity contribution is 4.90. The van der Waals surface area contributed by atoms with Gasteiger partial charge in [0.25, 0.3) is 0 Å². The Morgan fingerprint density at radius 2 is 0.694 bits per heavy atom. The van der Waals surface area contributed by atoms with E-state index < -0.39 is 0 Å². The van der Waals surface area contributed by atoms with Crippen molar-refractivity contribution in [3.63, 3.8) is 0 Å². The van der Waals surface area contributed by atoms with Crippen LogP contribution in [0.2, 0.25) is 0 Å². The van der Waals surface area contributed by atoms with Gasteiger partial charge in [-0.1, -0.05) is 238 Å². The van der Waals surface area contributed by atoms with E-state index >= 15 is 0 Å². The lowest BCUT2D eigenvalue weighted by molar-refractivity contribution is 0.397. The highest BCUT2D eigenvalue weighted by Crippen LogP contribution is 2.51. The number of hydrogen-bond donors (Lipinski definition) is 0. The van der Waals surface area contributed by atoms with Gasteiger partial charge in [-0.25, -0.2) is 0 Å². The van der Waals surface area contributed by atoms with Gasteiger partial charge in [-0.05, 0) is 83.4 Å². The molecule has 0 heterocycles. The Kier molecular flexibility index (Phi) is 53.2. The molecule has 2 aliphatic carbocycles. The van der Waals surface area contributed by atoms with Crippen molar-refractivity contribution < 1.29 is 0 Å². The van der Waals surface area contributed by atoms with E-state index in [1.165, 1.54) is 77.0 Å². The summed E-state index contributed by atoms with van der Waals surface area (Å²) >= 11 is 0. The first-order chi connectivity index (χ1) is 22.1. The molecular formula is C49H112. The number of hydrogen-bond acceptors (Lipinski definition) is 0. The summed E-state index contributed by atoms with van der Waals surface area (Å²) in [5, 5.41) is 0. The van der Waals surface area contributed by atoms with Crippen molar-refractivity contribution in [3.05, 3.63) is 0 Å². The van der Waals surface area contributed by atoms with Gasteiger partial charge in [-0.2, -0.15) is 0 Å². The van der Waals surface area contributed by atoms with Crippen molar-refractivity contribution in [2.24, 2.45) is 57.7 Å². The van der Waals surface area contributed by atoms with Crippen LogP contribution in [-0.4, -0.2) is 0 Å². The molecule has 0 N–H and O–H groups in total.